The third-order valence-electron chi connectivity index (χ3n) is 3.55. The summed E-state index contributed by atoms with van der Waals surface area (Å²) in [4.78, 5) is 17.1. The minimum atomic E-state index is -0.204. The molecule has 0 aliphatic heterocycles. The van der Waals surface area contributed by atoms with Gasteiger partial charge in [0.2, 0.25) is 0 Å². The molecule has 1 aromatic heterocycles. The van der Waals surface area contributed by atoms with Crippen molar-refractivity contribution in [1.82, 2.24) is 9.66 Å². The van der Waals surface area contributed by atoms with E-state index in [-0.39, 0.29) is 5.56 Å². The maximum absolute atomic E-state index is 12.7. The zero-order valence-electron chi connectivity index (χ0n) is 13.7. The first-order valence-corrected chi connectivity index (χ1v) is 9.24. The molecule has 0 saturated carbocycles. The average molecular weight is 465 g/mol. The first kappa shape index (κ1) is 17.8. The van der Waals surface area contributed by atoms with Crippen molar-refractivity contribution >= 4 is 49.0 Å². The summed E-state index contributed by atoms with van der Waals surface area (Å²) in [5, 5.41) is 4.83. The van der Waals surface area contributed by atoms with E-state index in [0.29, 0.717) is 23.3 Å². The molecule has 25 heavy (non-hydrogen) atoms. The van der Waals surface area contributed by atoms with Gasteiger partial charge in [-0.05, 0) is 71.7 Å². The molecule has 3 rings (SSSR count). The van der Waals surface area contributed by atoms with E-state index >= 15 is 0 Å². The third-order valence-corrected chi connectivity index (χ3v) is 4.66. The molecule has 5 nitrogen and oxygen atoms in total. The second-order valence-corrected chi connectivity index (χ2v) is 7.07. The summed E-state index contributed by atoms with van der Waals surface area (Å²) in [6, 6.07) is 11.1. The first-order valence-electron chi connectivity index (χ1n) is 7.65. The van der Waals surface area contributed by atoms with Gasteiger partial charge in [0.15, 0.2) is 0 Å². The fourth-order valence-corrected chi connectivity index (χ4v) is 3.26. The summed E-state index contributed by atoms with van der Waals surface area (Å²) in [6.45, 7) is 4.29. The Hall–Kier alpha value is -1.99. The highest BCUT2D eigenvalue weighted by atomic mass is 79.9. The monoisotopic (exact) mass is 463 g/mol. The van der Waals surface area contributed by atoms with Gasteiger partial charge < -0.3 is 4.74 Å². The molecular formula is C18H15Br2N3O2. The molecule has 0 spiro atoms. The summed E-state index contributed by atoms with van der Waals surface area (Å²) in [6.07, 6.45) is 1.63. The van der Waals surface area contributed by atoms with Crippen LogP contribution in [0.1, 0.15) is 18.3 Å². The summed E-state index contributed by atoms with van der Waals surface area (Å²) in [7, 11) is 0. The summed E-state index contributed by atoms with van der Waals surface area (Å²) < 4.78 is 8.46. The lowest BCUT2D eigenvalue weighted by Crippen LogP contribution is -2.20. The number of halogens is 2. The number of rotatable bonds is 4. The Balaban J connectivity index is 2.01. The van der Waals surface area contributed by atoms with Gasteiger partial charge in [0.1, 0.15) is 11.6 Å². The van der Waals surface area contributed by atoms with Crippen LogP contribution in [0.4, 0.5) is 0 Å². The molecule has 0 aliphatic carbocycles. The van der Waals surface area contributed by atoms with Crippen molar-refractivity contribution in [3.8, 4) is 5.75 Å². The van der Waals surface area contributed by atoms with E-state index < -0.39 is 0 Å². The summed E-state index contributed by atoms with van der Waals surface area (Å²) >= 11 is 6.85. The lowest BCUT2D eigenvalue weighted by molar-refractivity contribution is 0.338. The van der Waals surface area contributed by atoms with Gasteiger partial charge in [-0.2, -0.15) is 9.78 Å². The molecule has 0 atom stereocenters. The molecule has 2 aromatic carbocycles. The van der Waals surface area contributed by atoms with Crippen molar-refractivity contribution in [2.24, 2.45) is 5.10 Å². The smallest absolute Gasteiger partial charge is 0.282 e. The van der Waals surface area contributed by atoms with Crippen LogP contribution in [0.2, 0.25) is 0 Å². The van der Waals surface area contributed by atoms with Crippen LogP contribution >= 0.6 is 31.9 Å². The van der Waals surface area contributed by atoms with Crippen LogP contribution in [0.3, 0.4) is 0 Å². The predicted octanol–water partition coefficient (Wildman–Crippen LogP) is 4.51. The molecule has 0 radical (unpaired) electrons. The zero-order valence-corrected chi connectivity index (χ0v) is 16.8. The molecule has 0 aliphatic rings. The molecular weight excluding hydrogens is 450 g/mol. The highest BCUT2D eigenvalue weighted by Gasteiger charge is 2.08. The Morgan fingerprint density at radius 3 is 2.76 bits per heavy atom. The van der Waals surface area contributed by atoms with E-state index in [1.165, 1.54) is 4.68 Å². The number of aromatic nitrogens is 2. The van der Waals surface area contributed by atoms with E-state index in [1.807, 2.05) is 37.3 Å². The Kier molecular flexibility index (Phi) is 5.34. The Morgan fingerprint density at radius 1 is 1.24 bits per heavy atom. The molecule has 7 heteroatoms. The second kappa shape index (κ2) is 7.49. The van der Waals surface area contributed by atoms with Crippen molar-refractivity contribution in [1.29, 1.82) is 0 Å². The van der Waals surface area contributed by atoms with Gasteiger partial charge in [-0.25, -0.2) is 4.98 Å². The Labute approximate surface area is 161 Å². The highest BCUT2D eigenvalue weighted by molar-refractivity contribution is 9.10. The van der Waals surface area contributed by atoms with Crippen molar-refractivity contribution in [2.75, 3.05) is 6.61 Å². The molecule has 1 heterocycles. The standard InChI is InChI=1S/C18H15Br2N3O2/c1-3-25-17-7-4-12(8-15(17)20)10-21-23-11(2)22-16-6-5-13(19)9-14(16)18(23)24/h4-10H,3H2,1-2H3. The number of ether oxygens (including phenoxy) is 1. The lowest BCUT2D eigenvalue weighted by atomic mass is 10.2. The summed E-state index contributed by atoms with van der Waals surface area (Å²) in [5.74, 6) is 1.30. The minimum absolute atomic E-state index is 0.204. The SMILES string of the molecule is CCOc1ccc(C=Nn2c(C)nc3ccc(Br)cc3c2=O)cc1Br. The molecule has 0 fully saturated rings. The average Bonchev–Trinajstić information content (AvgIpc) is 2.58. The molecule has 3 aromatic rings. The minimum Gasteiger partial charge on any atom is -0.493 e. The van der Waals surface area contributed by atoms with Gasteiger partial charge >= 0.3 is 0 Å². The van der Waals surface area contributed by atoms with E-state index in [2.05, 4.69) is 41.9 Å². The van der Waals surface area contributed by atoms with Gasteiger partial charge in [0.05, 0.1) is 28.2 Å². The topological polar surface area (TPSA) is 56.5 Å². The van der Waals surface area contributed by atoms with Crippen LogP contribution in [0.15, 0.2) is 55.2 Å². The second-order valence-electron chi connectivity index (χ2n) is 5.30. The van der Waals surface area contributed by atoms with Crippen molar-refractivity contribution < 1.29 is 4.74 Å². The zero-order chi connectivity index (χ0) is 18.0. The Bertz CT molecular complexity index is 1030. The lowest BCUT2D eigenvalue weighted by Gasteiger charge is -2.07. The highest BCUT2D eigenvalue weighted by Crippen LogP contribution is 2.25. The van der Waals surface area contributed by atoms with Crippen molar-refractivity contribution in [3.05, 3.63) is 67.1 Å². The molecule has 0 bridgehead atoms. The number of hydrogen-bond donors (Lipinski definition) is 0. The van der Waals surface area contributed by atoms with Crippen LogP contribution in [-0.2, 0) is 0 Å². The fourth-order valence-electron chi connectivity index (χ4n) is 2.39. The molecule has 0 unspecified atom stereocenters. The maximum atomic E-state index is 12.7. The maximum Gasteiger partial charge on any atom is 0.282 e. The van der Waals surface area contributed by atoms with Crippen molar-refractivity contribution in [3.63, 3.8) is 0 Å². The van der Waals surface area contributed by atoms with Gasteiger partial charge in [-0.3, -0.25) is 4.79 Å². The van der Waals surface area contributed by atoms with Gasteiger partial charge in [0, 0.05) is 4.47 Å². The normalized spacial score (nSPS) is 11.4. The van der Waals surface area contributed by atoms with E-state index in [9.17, 15) is 4.79 Å². The van der Waals surface area contributed by atoms with Crippen LogP contribution in [0, 0.1) is 6.92 Å². The van der Waals surface area contributed by atoms with Gasteiger partial charge in [-0.15, -0.1) is 0 Å². The number of nitrogens with zero attached hydrogens (tertiary/aromatic N) is 3. The first-order chi connectivity index (χ1) is 12.0. The largest absolute Gasteiger partial charge is 0.493 e. The van der Waals surface area contributed by atoms with Gasteiger partial charge in [0.25, 0.3) is 5.56 Å². The van der Waals surface area contributed by atoms with E-state index in [0.717, 1.165) is 20.3 Å². The quantitative estimate of drug-likeness (QED) is 0.533. The van der Waals surface area contributed by atoms with E-state index in [4.69, 9.17) is 4.74 Å². The molecule has 128 valence electrons. The van der Waals surface area contributed by atoms with Crippen LogP contribution in [0.5, 0.6) is 5.75 Å². The van der Waals surface area contributed by atoms with Crippen LogP contribution in [-0.4, -0.2) is 22.5 Å². The number of benzene rings is 2. The van der Waals surface area contributed by atoms with Gasteiger partial charge in [-0.1, -0.05) is 15.9 Å². The molecule has 0 amide bonds. The molecule has 0 saturated heterocycles. The Morgan fingerprint density at radius 2 is 2.04 bits per heavy atom. The number of hydrogen-bond acceptors (Lipinski definition) is 4. The van der Waals surface area contributed by atoms with Crippen molar-refractivity contribution in [2.45, 2.75) is 13.8 Å². The van der Waals surface area contributed by atoms with E-state index in [1.54, 1.807) is 19.2 Å². The summed E-state index contributed by atoms with van der Waals surface area (Å²) in [5.41, 5.74) is 1.29. The fraction of sp³-hybridized carbons (Fsp3) is 0.167. The molecule has 0 N–H and O–H groups in total. The van der Waals surface area contributed by atoms with Crippen LogP contribution < -0.4 is 10.3 Å². The predicted molar refractivity (Wildman–Crippen MR) is 107 cm³/mol. The van der Waals surface area contributed by atoms with Crippen LogP contribution in [0.25, 0.3) is 10.9 Å². The number of aryl methyl sites for hydroxylation is 1. The number of fused-ring (bicyclic) bond motifs is 1. The third kappa shape index (κ3) is 3.82.